The van der Waals surface area contributed by atoms with Gasteiger partial charge in [-0.05, 0) is 58.1 Å². The fraction of sp³-hybridized carbons (Fsp3) is 0.647. The summed E-state index contributed by atoms with van der Waals surface area (Å²) in [5.74, 6) is -0.656. The van der Waals surface area contributed by atoms with Crippen molar-refractivity contribution < 1.29 is 14.3 Å². The first kappa shape index (κ1) is 17.0. The maximum absolute atomic E-state index is 12.1. The zero-order valence-corrected chi connectivity index (χ0v) is 14.5. The van der Waals surface area contributed by atoms with Gasteiger partial charge in [0, 0.05) is 10.4 Å². The molecule has 1 amide bonds. The monoisotopic (exact) mass is 323 g/mol. The third-order valence-electron chi connectivity index (χ3n) is 3.55. The summed E-state index contributed by atoms with van der Waals surface area (Å²) in [6.45, 7) is 5.46. The van der Waals surface area contributed by atoms with Crippen molar-refractivity contribution >= 4 is 23.2 Å². The van der Waals surface area contributed by atoms with Gasteiger partial charge in [-0.3, -0.25) is 4.79 Å². The maximum Gasteiger partial charge on any atom is 0.348 e. The van der Waals surface area contributed by atoms with Crippen LogP contribution in [-0.4, -0.2) is 24.0 Å². The van der Waals surface area contributed by atoms with Gasteiger partial charge in [0.15, 0.2) is 6.61 Å². The lowest BCUT2D eigenvalue weighted by molar-refractivity contribution is -0.125. The molecule has 22 heavy (non-hydrogen) atoms. The van der Waals surface area contributed by atoms with Gasteiger partial charge in [-0.15, -0.1) is 11.3 Å². The molecular formula is C17H25NO3S. The van der Waals surface area contributed by atoms with E-state index in [0.29, 0.717) is 4.88 Å². The second-order valence-corrected chi connectivity index (χ2v) is 7.98. The Morgan fingerprint density at radius 3 is 2.55 bits per heavy atom. The molecule has 0 atom stereocenters. The normalized spacial score (nSPS) is 15.4. The van der Waals surface area contributed by atoms with E-state index in [1.807, 2.05) is 26.8 Å². The molecule has 0 saturated heterocycles. The van der Waals surface area contributed by atoms with E-state index in [1.54, 1.807) is 0 Å². The number of esters is 1. The van der Waals surface area contributed by atoms with Crippen LogP contribution < -0.4 is 5.32 Å². The predicted molar refractivity (Wildman–Crippen MR) is 88.4 cm³/mol. The Bertz CT molecular complexity index is 517. The molecule has 0 aliphatic heterocycles. The van der Waals surface area contributed by atoms with Crippen LogP contribution in [-0.2, 0) is 22.4 Å². The average Bonchev–Trinajstić information content (AvgIpc) is 2.76. The summed E-state index contributed by atoms with van der Waals surface area (Å²) in [4.78, 5) is 25.7. The molecule has 1 heterocycles. The van der Waals surface area contributed by atoms with Crippen molar-refractivity contribution in [1.82, 2.24) is 5.32 Å². The molecule has 0 spiro atoms. The van der Waals surface area contributed by atoms with Crippen LogP contribution in [0.2, 0.25) is 0 Å². The first-order valence-electron chi connectivity index (χ1n) is 7.95. The maximum atomic E-state index is 12.1. The number of thiophene rings is 1. The fourth-order valence-electron chi connectivity index (χ4n) is 2.60. The van der Waals surface area contributed by atoms with Gasteiger partial charge in [0.1, 0.15) is 4.88 Å². The quantitative estimate of drug-likeness (QED) is 0.867. The SMILES string of the molecule is CC(C)(C)NC(=O)COC(=O)c1cc2c(s1)CCCCCC2. The molecule has 1 aliphatic carbocycles. The zero-order valence-electron chi connectivity index (χ0n) is 13.7. The van der Waals surface area contributed by atoms with Gasteiger partial charge in [-0.25, -0.2) is 4.79 Å². The van der Waals surface area contributed by atoms with Crippen molar-refractivity contribution in [2.24, 2.45) is 0 Å². The van der Waals surface area contributed by atoms with Crippen molar-refractivity contribution in [3.63, 3.8) is 0 Å². The van der Waals surface area contributed by atoms with Crippen LogP contribution in [0.15, 0.2) is 6.07 Å². The average molecular weight is 323 g/mol. The molecule has 4 nitrogen and oxygen atoms in total. The molecule has 1 aromatic heterocycles. The molecule has 122 valence electrons. The summed E-state index contributed by atoms with van der Waals surface area (Å²) >= 11 is 1.52. The smallest absolute Gasteiger partial charge is 0.348 e. The third kappa shape index (κ3) is 5.13. The van der Waals surface area contributed by atoms with Crippen LogP contribution in [0.1, 0.15) is 66.6 Å². The van der Waals surface area contributed by atoms with Crippen LogP contribution in [0.3, 0.4) is 0 Å². The molecule has 1 N–H and O–H groups in total. The summed E-state index contributed by atoms with van der Waals surface area (Å²) in [7, 11) is 0. The number of ether oxygens (including phenoxy) is 1. The second-order valence-electron chi connectivity index (χ2n) is 6.85. The van der Waals surface area contributed by atoms with E-state index in [4.69, 9.17) is 4.74 Å². The summed E-state index contributed by atoms with van der Waals surface area (Å²) in [5.41, 5.74) is 0.970. The Kier molecular flexibility index (Phi) is 5.62. The van der Waals surface area contributed by atoms with Crippen molar-refractivity contribution in [3.8, 4) is 0 Å². The number of aryl methyl sites for hydroxylation is 2. The van der Waals surface area contributed by atoms with E-state index >= 15 is 0 Å². The van der Waals surface area contributed by atoms with Crippen molar-refractivity contribution in [1.29, 1.82) is 0 Å². The minimum Gasteiger partial charge on any atom is -0.451 e. The summed E-state index contributed by atoms with van der Waals surface area (Å²) in [6.07, 6.45) is 7.01. The van der Waals surface area contributed by atoms with Crippen LogP contribution in [0.25, 0.3) is 0 Å². The lowest BCUT2D eigenvalue weighted by Crippen LogP contribution is -2.42. The topological polar surface area (TPSA) is 55.4 Å². The molecule has 1 aromatic rings. The van der Waals surface area contributed by atoms with E-state index in [0.717, 1.165) is 12.8 Å². The number of fused-ring (bicyclic) bond motifs is 1. The standard InChI is InChI=1S/C17H25NO3S/c1-17(2,3)18-15(19)11-21-16(20)14-10-12-8-6-4-5-7-9-13(12)22-14/h10H,4-9,11H2,1-3H3,(H,18,19). The molecule has 0 aromatic carbocycles. The van der Waals surface area contributed by atoms with E-state index < -0.39 is 0 Å². The van der Waals surface area contributed by atoms with Crippen molar-refractivity contribution in [3.05, 3.63) is 21.4 Å². The van der Waals surface area contributed by atoms with Gasteiger partial charge in [0.05, 0.1) is 0 Å². The van der Waals surface area contributed by atoms with Crippen LogP contribution in [0, 0.1) is 0 Å². The molecule has 1 aliphatic rings. The van der Waals surface area contributed by atoms with Crippen LogP contribution in [0.4, 0.5) is 0 Å². The molecule has 0 unspecified atom stereocenters. The molecule has 0 saturated carbocycles. The zero-order chi connectivity index (χ0) is 16.2. The molecule has 5 heteroatoms. The predicted octanol–water partition coefficient (Wildman–Crippen LogP) is 3.48. The summed E-state index contributed by atoms with van der Waals surface area (Å²) < 4.78 is 5.14. The van der Waals surface area contributed by atoms with Crippen molar-refractivity contribution in [2.45, 2.75) is 64.8 Å². The first-order chi connectivity index (χ1) is 10.3. The number of amides is 1. The molecule has 0 bridgehead atoms. The van der Waals surface area contributed by atoms with Gasteiger partial charge in [-0.1, -0.05) is 12.8 Å². The molecule has 0 radical (unpaired) electrons. The lowest BCUT2D eigenvalue weighted by atomic mass is 10.00. The summed E-state index contributed by atoms with van der Waals surface area (Å²) in [6, 6.07) is 1.95. The van der Waals surface area contributed by atoms with E-state index in [9.17, 15) is 9.59 Å². The van der Waals surface area contributed by atoms with E-state index in [1.165, 1.54) is 47.5 Å². The minimum atomic E-state index is -0.388. The Balaban J connectivity index is 1.92. The number of hydrogen-bond acceptors (Lipinski definition) is 4. The molecule has 0 fully saturated rings. The Morgan fingerprint density at radius 2 is 1.86 bits per heavy atom. The third-order valence-corrected chi connectivity index (χ3v) is 4.76. The number of hydrogen-bond donors (Lipinski definition) is 1. The second kappa shape index (κ2) is 7.27. The van der Waals surface area contributed by atoms with E-state index in [2.05, 4.69) is 5.32 Å². The Labute approximate surface area is 136 Å². The summed E-state index contributed by atoms with van der Waals surface area (Å²) in [5, 5.41) is 2.78. The largest absolute Gasteiger partial charge is 0.451 e. The van der Waals surface area contributed by atoms with Crippen molar-refractivity contribution in [2.75, 3.05) is 6.61 Å². The van der Waals surface area contributed by atoms with Crippen LogP contribution in [0.5, 0.6) is 0 Å². The molecule has 2 rings (SSSR count). The highest BCUT2D eigenvalue weighted by atomic mass is 32.1. The minimum absolute atomic E-state index is 0.224. The highest BCUT2D eigenvalue weighted by Gasteiger charge is 2.19. The van der Waals surface area contributed by atoms with E-state index in [-0.39, 0.29) is 24.0 Å². The van der Waals surface area contributed by atoms with Gasteiger partial charge in [0.2, 0.25) is 0 Å². The van der Waals surface area contributed by atoms with Crippen LogP contribution >= 0.6 is 11.3 Å². The lowest BCUT2D eigenvalue weighted by Gasteiger charge is -2.20. The Hall–Kier alpha value is -1.36. The van der Waals surface area contributed by atoms with Gasteiger partial charge >= 0.3 is 5.97 Å². The highest BCUT2D eigenvalue weighted by Crippen LogP contribution is 2.28. The fourth-order valence-corrected chi connectivity index (χ4v) is 3.75. The van der Waals surface area contributed by atoms with Gasteiger partial charge in [-0.2, -0.15) is 0 Å². The first-order valence-corrected chi connectivity index (χ1v) is 8.76. The number of carbonyl (C=O) groups is 2. The highest BCUT2D eigenvalue weighted by molar-refractivity contribution is 7.14. The van der Waals surface area contributed by atoms with Gasteiger partial charge in [0.25, 0.3) is 5.91 Å². The Morgan fingerprint density at radius 1 is 1.18 bits per heavy atom. The van der Waals surface area contributed by atoms with Gasteiger partial charge < -0.3 is 10.1 Å². The molecular weight excluding hydrogens is 298 g/mol. The number of nitrogens with one attached hydrogen (secondary N) is 1. The number of carbonyl (C=O) groups excluding carboxylic acids is 2. The number of rotatable bonds is 3.